The summed E-state index contributed by atoms with van der Waals surface area (Å²) in [6.45, 7) is 15.4. The number of ether oxygens (including phenoxy) is 2. The Balaban J connectivity index is 1.10. The number of rotatable bonds is 21. The summed E-state index contributed by atoms with van der Waals surface area (Å²) in [6, 6.07) is 0. The van der Waals surface area contributed by atoms with Crippen molar-refractivity contribution < 1.29 is 14.3 Å². The number of carbonyl (C=O) groups is 1. The fraction of sp³-hybridized carbons (Fsp3) is 0.932. The number of hydrogen-bond donors (Lipinski definition) is 0. The summed E-state index contributed by atoms with van der Waals surface area (Å²) < 4.78 is 11.5. The third-order valence-corrected chi connectivity index (χ3v) is 14.2. The van der Waals surface area contributed by atoms with Crippen LogP contribution < -0.4 is 0 Å². The maximum absolute atomic E-state index is 12.6. The van der Waals surface area contributed by atoms with Gasteiger partial charge in [-0.3, -0.25) is 0 Å². The van der Waals surface area contributed by atoms with Gasteiger partial charge in [0.05, 0.1) is 6.61 Å². The van der Waals surface area contributed by atoms with Gasteiger partial charge in [0.25, 0.3) is 0 Å². The normalized spacial score (nSPS) is 32.3. The largest absolute Gasteiger partial charge is 0.508 e. The molecular formula is C44H78O3. The lowest BCUT2D eigenvalue weighted by molar-refractivity contribution is -0.0617. The van der Waals surface area contributed by atoms with Crippen molar-refractivity contribution in [1.82, 2.24) is 0 Å². The fourth-order valence-electron chi connectivity index (χ4n) is 11.4. The van der Waals surface area contributed by atoms with E-state index in [4.69, 9.17) is 9.47 Å². The highest BCUT2D eigenvalue weighted by Crippen LogP contribution is 2.67. The second kappa shape index (κ2) is 19.4. The van der Waals surface area contributed by atoms with E-state index in [2.05, 4.69) is 47.6 Å². The quantitative estimate of drug-likeness (QED) is 0.0702. The molecule has 0 aliphatic heterocycles. The number of hydrogen-bond acceptors (Lipinski definition) is 3. The molecule has 3 fully saturated rings. The van der Waals surface area contributed by atoms with Crippen molar-refractivity contribution in [1.29, 1.82) is 0 Å². The van der Waals surface area contributed by atoms with Gasteiger partial charge in [0.1, 0.15) is 6.10 Å². The summed E-state index contributed by atoms with van der Waals surface area (Å²) in [4.78, 5) is 12.6. The number of unbranched alkanes of at least 4 members (excludes halogenated alkanes) is 13. The molecule has 0 N–H and O–H groups in total. The van der Waals surface area contributed by atoms with E-state index in [1.54, 1.807) is 5.57 Å². The third kappa shape index (κ3) is 10.7. The molecule has 0 aromatic heterocycles. The third-order valence-electron chi connectivity index (χ3n) is 14.2. The van der Waals surface area contributed by atoms with Crippen molar-refractivity contribution in [2.24, 2.45) is 46.3 Å². The van der Waals surface area contributed by atoms with Crippen molar-refractivity contribution in [2.75, 3.05) is 6.61 Å². The Morgan fingerprint density at radius 2 is 1.40 bits per heavy atom. The van der Waals surface area contributed by atoms with Crippen LogP contribution in [0.4, 0.5) is 4.79 Å². The maximum atomic E-state index is 12.6. The first-order valence-corrected chi connectivity index (χ1v) is 21.2. The van der Waals surface area contributed by atoms with Gasteiger partial charge < -0.3 is 9.47 Å². The summed E-state index contributed by atoms with van der Waals surface area (Å²) in [7, 11) is 0. The second-order valence-electron chi connectivity index (χ2n) is 18.0. The van der Waals surface area contributed by atoms with Crippen LogP contribution in [0.25, 0.3) is 0 Å². The van der Waals surface area contributed by atoms with Gasteiger partial charge in [-0.2, -0.15) is 0 Å². The lowest BCUT2D eigenvalue weighted by Gasteiger charge is -2.58. The summed E-state index contributed by atoms with van der Waals surface area (Å²) >= 11 is 0. The average molecular weight is 655 g/mol. The molecule has 0 saturated heterocycles. The smallest absolute Gasteiger partial charge is 0.434 e. The predicted octanol–water partition coefficient (Wildman–Crippen LogP) is 14.0. The molecule has 0 aromatic rings. The lowest BCUT2D eigenvalue weighted by atomic mass is 9.47. The van der Waals surface area contributed by atoms with Crippen LogP contribution in [0.5, 0.6) is 0 Å². The molecule has 0 radical (unpaired) electrons. The van der Waals surface area contributed by atoms with Gasteiger partial charge in [-0.05, 0) is 97.7 Å². The molecule has 0 spiro atoms. The average Bonchev–Trinajstić information content (AvgIpc) is 3.40. The molecule has 8 atom stereocenters. The molecule has 0 bridgehead atoms. The molecule has 0 amide bonds. The highest BCUT2D eigenvalue weighted by molar-refractivity contribution is 5.60. The van der Waals surface area contributed by atoms with Crippen molar-refractivity contribution in [2.45, 2.75) is 208 Å². The van der Waals surface area contributed by atoms with E-state index in [-0.39, 0.29) is 6.10 Å². The van der Waals surface area contributed by atoms with Crippen LogP contribution in [0.2, 0.25) is 0 Å². The van der Waals surface area contributed by atoms with E-state index in [1.807, 2.05) is 0 Å². The first-order chi connectivity index (χ1) is 22.7. The Morgan fingerprint density at radius 1 is 0.766 bits per heavy atom. The van der Waals surface area contributed by atoms with Crippen LogP contribution in [0.1, 0.15) is 202 Å². The van der Waals surface area contributed by atoms with Crippen LogP contribution in [0.3, 0.4) is 0 Å². The molecule has 0 aromatic carbocycles. The molecule has 3 heteroatoms. The molecule has 4 aliphatic rings. The Morgan fingerprint density at radius 3 is 2.04 bits per heavy atom. The van der Waals surface area contributed by atoms with Crippen LogP contribution >= 0.6 is 0 Å². The Hall–Kier alpha value is -0.990. The van der Waals surface area contributed by atoms with Gasteiger partial charge in [-0.1, -0.05) is 156 Å². The van der Waals surface area contributed by atoms with E-state index in [0.717, 1.165) is 67.6 Å². The van der Waals surface area contributed by atoms with Crippen LogP contribution in [0.15, 0.2) is 11.6 Å². The summed E-state index contributed by atoms with van der Waals surface area (Å²) in [5, 5.41) is 0. The molecule has 0 heterocycles. The molecule has 3 nitrogen and oxygen atoms in total. The minimum Gasteiger partial charge on any atom is -0.434 e. The van der Waals surface area contributed by atoms with Gasteiger partial charge >= 0.3 is 6.16 Å². The van der Waals surface area contributed by atoms with Gasteiger partial charge in [0.15, 0.2) is 0 Å². The highest BCUT2D eigenvalue weighted by atomic mass is 16.7. The summed E-state index contributed by atoms with van der Waals surface area (Å²) in [5.74, 6) is 5.17. The first-order valence-electron chi connectivity index (χ1n) is 21.2. The molecule has 3 saturated carbocycles. The minimum atomic E-state index is -0.435. The Labute approximate surface area is 292 Å². The summed E-state index contributed by atoms with van der Waals surface area (Å²) in [5.41, 5.74) is 2.43. The van der Waals surface area contributed by atoms with Crippen molar-refractivity contribution in [3.63, 3.8) is 0 Å². The van der Waals surface area contributed by atoms with Gasteiger partial charge in [0.2, 0.25) is 0 Å². The van der Waals surface area contributed by atoms with Gasteiger partial charge in [-0.15, -0.1) is 0 Å². The first kappa shape index (κ1) is 38.8. The van der Waals surface area contributed by atoms with Gasteiger partial charge in [0, 0.05) is 6.42 Å². The molecule has 4 aliphatic carbocycles. The van der Waals surface area contributed by atoms with Crippen LogP contribution in [-0.4, -0.2) is 18.9 Å². The van der Waals surface area contributed by atoms with Gasteiger partial charge in [-0.25, -0.2) is 4.79 Å². The Kier molecular flexibility index (Phi) is 16.0. The molecule has 47 heavy (non-hydrogen) atoms. The highest BCUT2D eigenvalue weighted by Gasteiger charge is 2.59. The lowest BCUT2D eigenvalue weighted by Crippen LogP contribution is -2.51. The Bertz CT molecular complexity index is 938. The maximum Gasteiger partial charge on any atom is 0.508 e. The van der Waals surface area contributed by atoms with Crippen LogP contribution in [0, 0.1) is 46.3 Å². The SMILES string of the molecule is CCCCCCCCCCCCCCCCOC(=O)OC1CC[C@@]2(C)C(=CCC3C2CC[C@@]2(C)C3CC[C@@H]2[C@H](C)CCCC(C)C)C1. The number of carbonyl (C=O) groups excluding carboxylic acids is 1. The van der Waals surface area contributed by atoms with E-state index in [1.165, 1.54) is 128 Å². The number of fused-ring (bicyclic) bond motifs is 5. The van der Waals surface area contributed by atoms with Crippen molar-refractivity contribution in [3.8, 4) is 0 Å². The van der Waals surface area contributed by atoms with E-state index in [0.29, 0.717) is 17.4 Å². The zero-order valence-corrected chi connectivity index (χ0v) is 32.2. The topological polar surface area (TPSA) is 35.5 Å². The molecular weight excluding hydrogens is 576 g/mol. The van der Waals surface area contributed by atoms with Crippen LogP contribution in [-0.2, 0) is 9.47 Å². The molecule has 272 valence electrons. The summed E-state index contributed by atoms with van der Waals surface area (Å²) in [6.07, 6.45) is 35.1. The van der Waals surface area contributed by atoms with E-state index in [9.17, 15) is 4.79 Å². The van der Waals surface area contributed by atoms with E-state index < -0.39 is 6.16 Å². The molecule has 4 rings (SSSR count). The zero-order chi connectivity index (χ0) is 33.7. The predicted molar refractivity (Wildman–Crippen MR) is 200 cm³/mol. The van der Waals surface area contributed by atoms with E-state index >= 15 is 0 Å². The van der Waals surface area contributed by atoms with Crippen molar-refractivity contribution >= 4 is 6.16 Å². The van der Waals surface area contributed by atoms with Crippen molar-refractivity contribution in [3.05, 3.63) is 11.6 Å². The second-order valence-corrected chi connectivity index (χ2v) is 18.0. The zero-order valence-electron chi connectivity index (χ0n) is 32.2. The minimum absolute atomic E-state index is 0.00822. The standard InChI is InChI=1S/C44H78O3/c1-7-8-9-10-11-12-13-14-15-16-17-18-19-20-32-46-42(45)47-37-28-30-43(5)36(33-37)24-25-38-40-27-26-39(35(4)23-21-22-34(2)3)44(40,6)31-29-41(38)43/h24,34-35,37-41H,7-23,25-33H2,1-6H3/t35-,37?,38?,39-,40?,41?,43+,44-/m1/s1. The monoisotopic (exact) mass is 655 g/mol. The number of allylic oxidation sites excluding steroid dienone is 1. The molecule has 4 unspecified atom stereocenters. The fourth-order valence-corrected chi connectivity index (χ4v) is 11.4.